The molecular weight excluding hydrogens is 254 g/mol. The van der Waals surface area contributed by atoms with Gasteiger partial charge in [-0.25, -0.2) is 14.8 Å². The fourth-order valence-electron chi connectivity index (χ4n) is 2.13. The van der Waals surface area contributed by atoms with Gasteiger partial charge < -0.3 is 15.7 Å². The van der Waals surface area contributed by atoms with Gasteiger partial charge in [-0.1, -0.05) is 6.07 Å². The van der Waals surface area contributed by atoms with E-state index >= 15 is 0 Å². The first kappa shape index (κ1) is 12.6. The smallest absolute Gasteiger partial charge is 0.322 e. The van der Waals surface area contributed by atoms with Crippen LogP contribution in [0, 0.1) is 6.92 Å². The summed E-state index contributed by atoms with van der Waals surface area (Å²) in [6.45, 7) is 3.76. The first-order valence-corrected chi connectivity index (χ1v) is 6.36. The number of benzene rings is 1. The topological polar surface area (TPSA) is 100 Å². The second-order valence-electron chi connectivity index (χ2n) is 4.88. The number of imidazole rings is 1. The molecule has 0 saturated heterocycles. The standard InChI is InChI=1S/C14H15N5O/c1-7-5-11(17-13(16-7)8(2)15)9-3-4-10-12(6-9)19-14(20)18-10/h3-6,8H,15H2,1-2H3,(H2,18,19,20). The van der Waals surface area contributed by atoms with E-state index in [9.17, 15) is 4.79 Å². The number of aromatic nitrogens is 4. The summed E-state index contributed by atoms with van der Waals surface area (Å²) >= 11 is 0. The summed E-state index contributed by atoms with van der Waals surface area (Å²) in [5, 5.41) is 0. The normalized spacial score (nSPS) is 12.8. The van der Waals surface area contributed by atoms with Gasteiger partial charge in [0.25, 0.3) is 0 Å². The van der Waals surface area contributed by atoms with Gasteiger partial charge in [0, 0.05) is 11.3 Å². The number of fused-ring (bicyclic) bond motifs is 1. The number of nitrogens with one attached hydrogen (secondary N) is 2. The molecule has 0 saturated carbocycles. The second-order valence-corrected chi connectivity index (χ2v) is 4.88. The first-order valence-electron chi connectivity index (χ1n) is 6.36. The Morgan fingerprint density at radius 1 is 1.15 bits per heavy atom. The average Bonchev–Trinajstić information content (AvgIpc) is 2.76. The van der Waals surface area contributed by atoms with Crippen LogP contribution >= 0.6 is 0 Å². The van der Waals surface area contributed by atoms with Gasteiger partial charge in [-0.15, -0.1) is 0 Å². The molecule has 2 aromatic heterocycles. The predicted molar refractivity (Wildman–Crippen MR) is 77.3 cm³/mol. The Hall–Kier alpha value is -2.47. The Kier molecular flexibility index (Phi) is 2.87. The lowest BCUT2D eigenvalue weighted by Crippen LogP contribution is -2.11. The summed E-state index contributed by atoms with van der Waals surface area (Å²) in [5.41, 5.74) is 9.74. The maximum atomic E-state index is 11.3. The molecule has 0 amide bonds. The third-order valence-corrected chi connectivity index (χ3v) is 3.09. The fraction of sp³-hybridized carbons (Fsp3) is 0.214. The van der Waals surface area contributed by atoms with Crippen LogP contribution in [-0.2, 0) is 0 Å². The Balaban J connectivity index is 2.16. The molecule has 4 N–H and O–H groups in total. The molecule has 0 aliphatic heterocycles. The van der Waals surface area contributed by atoms with Gasteiger partial charge in [0.1, 0.15) is 5.82 Å². The van der Waals surface area contributed by atoms with E-state index in [1.807, 2.05) is 38.1 Å². The van der Waals surface area contributed by atoms with Crippen molar-refractivity contribution in [3.05, 3.63) is 46.3 Å². The van der Waals surface area contributed by atoms with Crippen LogP contribution in [0.3, 0.4) is 0 Å². The molecule has 1 atom stereocenters. The molecule has 1 aromatic carbocycles. The molecule has 2 heterocycles. The maximum Gasteiger partial charge on any atom is 0.323 e. The zero-order valence-electron chi connectivity index (χ0n) is 11.3. The highest BCUT2D eigenvalue weighted by Gasteiger charge is 2.09. The lowest BCUT2D eigenvalue weighted by Gasteiger charge is -2.08. The highest BCUT2D eigenvalue weighted by Crippen LogP contribution is 2.22. The third-order valence-electron chi connectivity index (χ3n) is 3.09. The molecule has 0 spiro atoms. The van der Waals surface area contributed by atoms with Crippen molar-refractivity contribution in [2.45, 2.75) is 19.9 Å². The molecule has 0 radical (unpaired) electrons. The molecule has 0 aliphatic carbocycles. The van der Waals surface area contributed by atoms with E-state index in [2.05, 4.69) is 19.9 Å². The van der Waals surface area contributed by atoms with Crippen molar-refractivity contribution in [3.63, 3.8) is 0 Å². The van der Waals surface area contributed by atoms with Gasteiger partial charge in [-0.05, 0) is 32.0 Å². The molecule has 102 valence electrons. The van der Waals surface area contributed by atoms with Gasteiger partial charge in [-0.3, -0.25) is 0 Å². The number of aromatic amines is 2. The Morgan fingerprint density at radius 2 is 1.90 bits per heavy atom. The summed E-state index contributed by atoms with van der Waals surface area (Å²) in [7, 11) is 0. The van der Waals surface area contributed by atoms with E-state index in [4.69, 9.17) is 5.73 Å². The summed E-state index contributed by atoms with van der Waals surface area (Å²) in [4.78, 5) is 25.5. The van der Waals surface area contributed by atoms with Gasteiger partial charge >= 0.3 is 5.69 Å². The van der Waals surface area contributed by atoms with Gasteiger partial charge in [-0.2, -0.15) is 0 Å². The zero-order chi connectivity index (χ0) is 14.3. The van der Waals surface area contributed by atoms with Gasteiger partial charge in [0.2, 0.25) is 0 Å². The zero-order valence-corrected chi connectivity index (χ0v) is 11.3. The highest BCUT2D eigenvalue weighted by atomic mass is 16.1. The Bertz CT molecular complexity index is 831. The van der Waals surface area contributed by atoms with Gasteiger partial charge in [0.15, 0.2) is 0 Å². The maximum absolute atomic E-state index is 11.3. The van der Waals surface area contributed by atoms with Crippen molar-refractivity contribution in [1.29, 1.82) is 0 Å². The van der Waals surface area contributed by atoms with Crippen LogP contribution in [0.2, 0.25) is 0 Å². The number of hydrogen-bond acceptors (Lipinski definition) is 4. The Morgan fingerprint density at radius 3 is 2.65 bits per heavy atom. The van der Waals surface area contributed by atoms with Crippen LogP contribution in [0.5, 0.6) is 0 Å². The van der Waals surface area contributed by atoms with Crippen LogP contribution in [0.4, 0.5) is 0 Å². The molecule has 0 fully saturated rings. The van der Waals surface area contributed by atoms with E-state index in [1.54, 1.807) is 0 Å². The summed E-state index contributed by atoms with van der Waals surface area (Å²) in [6.07, 6.45) is 0. The lowest BCUT2D eigenvalue weighted by atomic mass is 10.1. The number of hydrogen-bond donors (Lipinski definition) is 3. The fourth-order valence-corrected chi connectivity index (χ4v) is 2.13. The molecule has 1 unspecified atom stereocenters. The van der Waals surface area contributed by atoms with Crippen molar-refractivity contribution in [3.8, 4) is 11.3 Å². The molecule has 6 heteroatoms. The molecule has 3 aromatic rings. The Labute approximate surface area is 115 Å². The number of nitrogens with two attached hydrogens (primary N) is 1. The van der Waals surface area contributed by atoms with Crippen LogP contribution in [0.1, 0.15) is 24.5 Å². The molecule has 20 heavy (non-hydrogen) atoms. The summed E-state index contributed by atoms with van der Waals surface area (Å²) < 4.78 is 0. The molecule has 6 nitrogen and oxygen atoms in total. The van der Waals surface area contributed by atoms with Crippen LogP contribution in [0.15, 0.2) is 29.1 Å². The molecule has 0 bridgehead atoms. The number of aryl methyl sites for hydroxylation is 1. The van der Waals surface area contributed by atoms with Crippen LogP contribution in [0.25, 0.3) is 22.3 Å². The van der Waals surface area contributed by atoms with E-state index < -0.39 is 0 Å². The highest BCUT2D eigenvalue weighted by molar-refractivity contribution is 5.80. The first-order chi connectivity index (χ1) is 9.52. The van der Waals surface area contributed by atoms with Gasteiger partial charge in [0.05, 0.1) is 22.8 Å². The molecule has 0 aliphatic rings. The van der Waals surface area contributed by atoms with E-state index in [0.717, 1.165) is 28.0 Å². The van der Waals surface area contributed by atoms with Crippen LogP contribution in [-0.4, -0.2) is 19.9 Å². The summed E-state index contributed by atoms with van der Waals surface area (Å²) in [5.74, 6) is 0.614. The van der Waals surface area contributed by atoms with Crippen molar-refractivity contribution in [2.24, 2.45) is 5.73 Å². The minimum atomic E-state index is -0.218. The SMILES string of the molecule is Cc1cc(-c2ccc3[nH]c(=O)[nH]c3c2)nc(C(C)N)n1. The second kappa shape index (κ2) is 4.57. The number of nitrogens with zero attached hydrogens (tertiary/aromatic N) is 2. The lowest BCUT2D eigenvalue weighted by molar-refractivity contribution is 0.735. The summed E-state index contributed by atoms with van der Waals surface area (Å²) in [6, 6.07) is 7.34. The van der Waals surface area contributed by atoms with Crippen molar-refractivity contribution in [2.75, 3.05) is 0 Å². The van der Waals surface area contributed by atoms with E-state index in [-0.39, 0.29) is 11.7 Å². The average molecular weight is 269 g/mol. The quantitative estimate of drug-likeness (QED) is 0.658. The molecular formula is C14H15N5O. The van der Waals surface area contributed by atoms with Crippen molar-refractivity contribution in [1.82, 2.24) is 19.9 Å². The monoisotopic (exact) mass is 269 g/mol. The van der Waals surface area contributed by atoms with E-state index in [0.29, 0.717) is 5.82 Å². The number of H-pyrrole nitrogens is 2. The number of rotatable bonds is 2. The predicted octanol–water partition coefficient (Wildman–Crippen LogP) is 1.64. The minimum Gasteiger partial charge on any atom is -0.322 e. The van der Waals surface area contributed by atoms with Crippen molar-refractivity contribution >= 4 is 11.0 Å². The minimum absolute atomic E-state index is 0.215. The van der Waals surface area contributed by atoms with Crippen LogP contribution < -0.4 is 11.4 Å². The third kappa shape index (κ3) is 2.21. The largest absolute Gasteiger partial charge is 0.323 e. The van der Waals surface area contributed by atoms with Crippen molar-refractivity contribution < 1.29 is 0 Å². The molecule has 3 rings (SSSR count). The van der Waals surface area contributed by atoms with E-state index in [1.165, 1.54) is 0 Å².